The van der Waals surface area contributed by atoms with Crippen LogP contribution in [0, 0.1) is 17.3 Å². The lowest BCUT2D eigenvalue weighted by atomic mass is 9.69. The Morgan fingerprint density at radius 2 is 1.40 bits per heavy atom. The fraction of sp³-hybridized carbons (Fsp3) is 0.867. The number of ether oxygens (including phenoxy) is 2. The highest BCUT2D eigenvalue weighted by molar-refractivity contribution is 6.00. The lowest BCUT2D eigenvalue weighted by Gasteiger charge is -2.37. The molecule has 2 atom stereocenters. The molecule has 0 fully saturated rings. The minimum absolute atomic E-state index is 0.0880. The average molecular weight is 288 g/mol. The first-order valence-electron chi connectivity index (χ1n) is 7.26. The smallest absolute Gasteiger partial charge is 0.323 e. The fourth-order valence-corrected chi connectivity index (χ4v) is 2.38. The topological polar surface area (TPSA) is 72.8 Å². The van der Waals surface area contributed by atoms with Crippen LogP contribution in [-0.2, 0) is 19.1 Å². The molecule has 20 heavy (non-hydrogen) atoms. The van der Waals surface area contributed by atoms with Crippen LogP contribution in [0.15, 0.2) is 0 Å². The number of carbonyl (C=O) groups is 2. The van der Waals surface area contributed by atoms with E-state index in [-0.39, 0.29) is 25.6 Å². The lowest BCUT2D eigenvalue weighted by Crippen LogP contribution is -2.51. The largest absolute Gasteiger partial charge is 0.465 e. The van der Waals surface area contributed by atoms with Crippen molar-refractivity contribution in [3.05, 3.63) is 0 Å². The minimum Gasteiger partial charge on any atom is -0.465 e. The number of hydrogen-bond acceptors (Lipinski definition) is 5. The van der Waals surface area contributed by atoms with Gasteiger partial charge in [0.05, 0.1) is 19.3 Å². The normalized spacial score (nSPS) is 14.8. The molecule has 2 unspecified atom stereocenters. The highest BCUT2D eigenvalue weighted by atomic mass is 16.6. The quantitative estimate of drug-likeness (QED) is 0.547. The van der Waals surface area contributed by atoms with Gasteiger partial charge in [-0.05, 0) is 33.1 Å². The predicted molar refractivity (Wildman–Crippen MR) is 76.0 cm³/mol. The molecule has 0 aromatic rings. The summed E-state index contributed by atoms with van der Waals surface area (Å²) < 4.78 is 10.2. The first-order chi connectivity index (χ1) is 9.23. The van der Waals surface area contributed by atoms with Crippen molar-refractivity contribution in [3.8, 4) is 0 Å². The Hall–Kier alpha value is -1.10. The minimum atomic E-state index is -1.45. The van der Waals surface area contributed by atoms with Crippen LogP contribution in [0.3, 0.4) is 0 Å². The van der Waals surface area contributed by atoms with Crippen molar-refractivity contribution in [3.63, 3.8) is 0 Å². The molecule has 0 aliphatic carbocycles. The molecule has 118 valence electrons. The zero-order valence-corrected chi connectivity index (χ0v) is 13.4. The predicted octanol–water partition coefficient (Wildman–Crippen LogP) is 2.16. The zero-order chi connectivity index (χ0) is 15.9. The first kappa shape index (κ1) is 18.9. The Morgan fingerprint density at radius 3 is 1.65 bits per heavy atom. The van der Waals surface area contributed by atoms with Gasteiger partial charge >= 0.3 is 11.9 Å². The van der Waals surface area contributed by atoms with Gasteiger partial charge in [-0.15, -0.1) is 0 Å². The molecule has 0 aromatic carbocycles. The second-order valence-electron chi connectivity index (χ2n) is 5.54. The highest BCUT2D eigenvalue weighted by Crippen LogP contribution is 2.39. The molecule has 0 saturated heterocycles. The Labute approximate surface area is 121 Å². The highest BCUT2D eigenvalue weighted by Gasteiger charge is 2.54. The molecule has 0 radical (unpaired) electrons. The lowest BCUT2D eigenvalue weighted by molar-refractivity contribution is -0.181. The third kappa shape index (κ3) is 4.20. The molecule has 0 saturated carbocycles. The molecule has 5 nitrogen and oxygen atoms in total. The second-order valence-corrected chi connectivity index (χ2v) is 5.54. The molecular formula is C15H28O5. The van der Waals surface area contributed by atoms with Crippen LogP contribution in [-0.4, -0.2) is 36.4 Å². The number of aliphatic hydroxyl groups excluding tert-OH is 1. The Kier molecular flexibility index (Phi) is 7.79. The van der Waals surface area contributed by atoms with Crippen LogP contribution in [0.5, 0.6) is 0 Å². The van der Waals surface area contributed by atoms with Gasteiger partial charge in [0.2, 0.25) is 0 Å². The van der Waals surface area contributed by atoms with Crippen molar-refractivity contribution in [2.24, 2.45) is 17.3 Å². The summed E-state index contributed by atoms with van der Waals surface area (Å²) >= 11 is 0. The fourth-order valence-electron chi connectivity index (χ4n) is 2.38. The van der Waals surface area contributed by atoms with Crippen LogP contribution in [0.2, 0.25) is 0 Å². The maximum Gasteiger partial charge on any atom is 0.323 e. The van der Waals surface area contributed by atoms with E-state index in [9.17, 15) is 14.7 Å². The number of rotatable bonds is 8. The maximum absolute atomic E-state index is 12.4. The third-order valence-corrected chi connectivity index (χ3v) is 3.51. The van der Waals surface area contributed by atoms with Gasteiger partial charge in [-0.25, -0.2) is 0 Å². The monoisotopic (exact) mass is 288 g/mol. The summed E-state index contributed by atoms with van der Waals surface area (Å²) in [6, 6.07) is 0. The zero-order valence-electron chi connectivity index (χ0n) is 13.4. The summed E-state index contributed by atoms with van der Waals surface area (Å²) in [5, 5.41) is 9.89. The molecule has 0 amide bonds. The molecule has 0 spiro atoms. The number of aliphatic hydroxyl groups is 1. The molecule has 1 N–H and O–H groups in total. The van der Waals surface area contributed by atoms with Gasteiger partial charge in [-0.1, -0.05) is 20.8 Å². The van der Waals surface area contributed by atoms with Crippen molar-refractivity contribution in [1.29, 1.82) is 0 Å². The van der Waals surface area contributed by atoms with Gasteiger partial charge in [0.15, 0.2) is 5.41 Å². The summed E-state index contributed by atoms with van der Waals surface area (Å²) in [6.07, 6.45) is -0.529. The summed E-state index contributed by atoms with van der Waals surface area (Å²) in [6.45, 7) is 10.8. The number of carbonyl (C=O) groups excluding carboxylic acids is 2. The van der Waals surface area contributed by atoms with Crippen LogP contribution in [0.1, 0.15) is 48.0 Å². The van der Waals surface area contributed by atoms with E-state index in [0.29, 0.717) is 0 Å². The van der Waals surface area contributed by atoms with Crippen LogP contribution in [0.25, 0.3) is 0 Å². The van der Waals surface area contributed by atoms with Crippen molar-refractivity contribution in [2.45, 2.75) is 54.1 Å². The van der Waals surface area contributed by atoms with E-state index in [4.69, 9.17) is 9.47 Å². The summed E-state index contributed by atoms with van der Waals surface area (Å²) in [7, 11) is 0. The van der Waals surface area contributed by atoms with E-state index in [1.165, 1.54) is 0 Å². The third-order valence-electron chi connectivity index (χ3n) is 3.51. The van der Waals surface area contributed by atoms with Crippen molar-refractivity contribution < 1.29 is 24.2 Å². The molecule has 0 aromatic heterocycles. The van der Waals surface area contributed by atoms with Gasteiger partial charge in [0.25, 0.3) is 0 Å². The van der Waals surface area contributed by atoms with Gasteiger partial charge in [0, 0.05) is 5.92 Å². The second kappa shape index (κ2) is 8.25. The van der Waals surface area contributed by atoms with Crippen molar-refractivity contribution >= 4 is 11.9 Å². The Morgan fingerprint density at radius 1 is 1.00 bits per heavy atom. The van der Waals surface area contributed by atoms with Gasteiger partial charge in [-0.2, -0.15) is 0 Å². The Bertz CT molecular complexity index is 304. The molecule has 0 bridgehead atoms. The molecule has 0 heterocycles. The Balaban J connectivity index is 5.74. The SMILES string of the molecule is CCOC(=O)C(CC(C)C)(C(=O)OCC)C(C)C(C)O. The van der Waals surface area contributed by atoms with Gasteiger partial charge in [0.1, 0.15) is 0 Å². The van der Waals surface area contributed by atoms with Gasteiger partial charge in [-0.3, -0.25) is 9.59 Å². The molecule has 0 rings (SSSR count). The number of hydrogen-bond donors (Lipinski definition) is 1. The summed E-state index contributed by atoms with van der Waals surface area (Å²) in [5.41, 5.74) is -1.45. The van der Waals surface area contributed by atoms with Crippen LogP contribution >= 0.6 is 0 Å². The van der Waals surface area contributed by atoms with E-state index in [0.717, 1.165) is 0 Å². The van der Waals surface area contributed by atoms with Crippen LogP contribution in [0.4, 0.5) is 0 Å². The van der Waals surface area contributed by atoms with E-state index in [1.807, 2.05) is 13.8 Å². The summed E-state index contributed by atoms with van der Waals surface area (Å²) in [4.78, 5) is 24.9. The van der Waals surface area contributed by atoms with E-state index in [1.54, 1.807) is 27.7 Å². The van der Waals surface area contributed by atoms with Crippen LogP contribution < -0.4 is 0 Å². The van der Waals surface area contributed by atoms with E-state index in [2.05, 4.69) is 0 Å². The maximum atomic E-state index is 12.4. The van der Waals surface area contributed by atoms with Crippen molar-refractivity contribution in [2.75, 3.05) is 13.2 Å². The van der Waals surface area contributed by atoms with E-state index >= 15 is 0 Å². The first-order valence-corrected chi connectivity index (χ1v) is 7.26. The van der Waals surface area contributed by atoms with E-state index < -0.39 is 29.4 Å². The van der Waals surface area contributed by atoms with Crippen molar-refractivity contribution in [1.82, 2.24) is 0 Å². The molecule has 5 heteroatoms. The summed E-state index contributed by atoms with van der Waals surface area (Å²) in [5.74, 6) is -1.71. The standard InChI is InChI=1S/C15H28O5/c1-7-19-13(17)15(9-10(3)4,11(5)12(6)16)14(18)20-8-2/h10-12,16H,7-9H2,1-6H3. The molecule has 0 aliphatic rings. The molecule has 0 aliphatic heterocycles. The average Bonchev–Trinajstić information content (AvgIpc) is 2.35. The number of esters is 2. The molecular weight excluding hydrogens is 260 g/mol. The van der Waals surface area contributed by atoms with Gasteiger partial charge < -0.3 is 14.6 Å².